The molecule has 2 aliphatic carbocycles. The van der Waals surface area contributed by atoms with Gasteiger partial charge in [-0.2, -0.15) is 0 Å². The van der Waals surface area contributed by atoms with E-state index in [1.807, 2.05) is 24.3 Å². The van der Waals surface area contributed by atoms with Crippen LogP contribution in [0.5, 0.6) is 0 Å². The molecule has 24 heavy (non-hydrogen) atoms. The number of amides is 1. The maximum absolute atomic E-state index is 12.3. The van der Waals surface area contributed by atoms with Crippen molar-refractivity contribution in [1.29, 1.82) is 0 Å². The highest BCUT2D eigenvalue weighted by molar-refractivity contribution is 5.92. The summed E-state index contributed by atoms with van der Waals surface area (Å²) in [5, 5.41) is 6.51. The molecule has 0 heterocycles. The summed E-state index contributed by atoms with van der Waals surface area (Å²) in [6.45, 7) is 4.22. The van der Waals surface area contributed by atoms with Gasteiger partial charge in [0.25, 0.3) is 0 Å². The van der Waals surface area contributed by atoms with E-state index in [0.29, 0.717) is 5.92 Å². The first-order valence-electron chi connectivity index (χ1n) is 9.59. The van der Waals surface area contributed by atoms with E-state index in [9.17, 15) is 4.79 Å². The quantitative estimate of drug-likeness (QED) is 0.727. The molecule has 0 bridgehead atoms. The van der Waals surface area contributed by atoms with E-state index in [4.69, 9.17) is 0 Å². The molecule has 2 fully saturated rings. The molecule has 130 valence electrons. The number of nitrogens with one attached hydrogen (secondary N) is 2. The van der Waals surface area contributed by atoms with Crippen molar-refractivity contribution in [2.24, 2.45) is 11.8 Å². The van der Waals surface area contributed by atoms with Gasteiger partial charge >= 0.3 is 0 Å². The third-order valence-electron chi connectivity index (χ3n) is 5.53. The fourth-order valence-corrected chi connectivity index (χ4v) is 3.98. The number of benzene rings is 1. The van der Waals surface area contributed by atoms with Crippen LogP contribution in [0.25, 0.3) is 0 Å². The van der Waals surface area contributed by atoms with Gasteiger partial charge < -0.3 is 10.6 Å². The minimum atomic E-state index is 0.182. The Hall–Kier alpha value is -1.77. The zero-order valence-electron chi connectivity index (χ0n) is 14.7. The van der Waals surface area contributed by atoms with Crippen molar-refractivity contribution in [2.45, 2.75) is 64.2 Å². The molecule has 0 unspecified atom stereocenters. The molecule has 1 aromatic rings. The van der Waals surface area contributed by atoms with Crippen LogP contribution >= 0.6 is 0 Å². The molecule has 3 rings (SSSR count). The van der Waals surface area contributed by atoms with Crippen LogP contribution in [0.1, 0.15) is 64.2 Å². The zero-order valence-corrected chi connectivity index (χ0v) is 14.7. The van der Waals surface area contributed by atoms with E-state index in [1.165, 1.54) is 51.4 Å². The van der Waals surface area contributed by atoms with Crippen molar-refractivity contribution < 1.29 is 4.79 Å². The molecular weight excluding hydrogens is 296 g/mol. The number of carbonyl (C=O) groups excluding carboxylic acids is 1. The second-order valence-corrected chi connectivity index (χ2v) is 7.39. The van der Waals surface area contributed by atoms with Crippen LogP contribution in [-0.2, 0) is 4.79 Å². The summed E-state index contributed by atoms with van der Waals surface area (Å²) in [5.41, 5.74) is 3.08. The van der Waals surface area contributed by atoms with E-state index in [1.54, 1.807) is 0 Å². The van der Waals surface area contributed by atoms with Crippen LogP contribution in [0.15, 0.2) is 36.5 Å². The Labute approximate surface area is 145 Å². The van der Waals surface area contributed by atoms with Gasteiger partial charge in [0.2, 0.25) is 5.91 Å². The molecule has 0 aromatic heterocycles. The number of hydrogen-bond donors (Lipinski definition) is 2. The lowest BCUT2D eigenvalue weighted by atomic mass is 9.87. The minimum absolute atomic E-state index is 0.182. The first-order valence-corrected chi connectivity index (χ1v) is 9.59. The Morgan fingerprint density at radius 3 is 1.75 bits per heavy atom. The predicted octanol–water partition coefficient (Wildman–Crippen LogP) is 5.71. The molecule has 0 atom stereocenters. The van der Waals surface area contributed by atoms with E-state index in [0.717, 1.165) is 29.9 Å². The minimum Gasteiger partial charge on any atom is -0.359 e. The topological polar surface area (TPSA) is 41.1 Å². The molecule has 2 N–H and O–H groups in total. The van der Waals surface area contributed by atoms with Gasteiger partial charge in [-0.25, -0.2) is 0 Å². The fourth-order valence-electron chi connectivity index (χ4n) is 3.98. The van der Waals surface area contributed by atoms with E-state index < -0.39 is 0 Å². The highest BCUT2D eigenvalue weighted by Gasteiger charge is 2.21. The summed E-state index contributed by atoms with van der Waals surface area (Å²) in [6.07, 6.45) is 12.2. The van der Waals surface area contributed by atoms with Gasteiger partial charge in [0, 0.05) is 23.0 Å². The van der Waals surface area contributed by atoms with Crippen LogP contribution in [-0.4, -0.2) is 5.91 Å². The Bertz CT molecular complexity index is 501. The number of allylic oxidation sites excluding steroid dienone is 1. The first-order chi connectivity index (χ1) is 11.7. The highest BCUT2D eigenvalue weighted by Crippen LogP contribution is 2.30. The van der Waals surface area contributed by atoms with E-state index in [-0.39, 0.29) is 11.8 Å². The molecule has 1 amide bonds. The van der Waals surface area contributed by atoms with Crippen LogP contribution in [0.4, 0.5) is 11.4 Å². The number of hydrogen-bond acceptors (Lipinski definition) is 2. The van der Waals surface area contributed by atoms with E-state index >= 15 is 0 Å². The molecule has 2 saturated carbocycles. The first kappa shape index (κ1) is 17.1. The van der Waals surface area contributed by atoms with Gasteiger partial charge in [-0.15, -0.1) is 0 Å². The Kier molecular flexibility index (Phi) is 5.95. The van der Waals surface area contributed by atoms with Crippen LogP contribution in [0.3, 0.4) is 0 Å². The molecule has 1 aromatic carbocycles. The average molecular weight is 326 g/mol. The molecule has 2 aliphatic rings. The van der Waals surface area contributed by atoms with Gasteiger partial charge in [0.1, 0.15) is 0 Å². The summed E-state index contributed by atoms with van der Waals surface area (Å²) in [4.78, 5) is 12.3. The Morgan fingerprint density at radius 2 is 1.21 bits per heavy atom. The fraction of sp³-hybridized carbons (Fsp3) is 0.571. The maximum Gasteiger partial charge on any atom is 0.227 e. The molecule has 0 aliphatic heterocycles. The maximum atomic E-state index is 12.3. The molecule has 0 radical (unpaired) electrons. The van der Waals surface area contributed by atoms with Gasteiger partial charge in [-0.1, -0.05) is 45.1 Å². The highest BCUT2D eigenvalue weighted by atomic mass is 16.1. The second kappa shape index (κ2) is 8.36. The van der Waals surface area contributed by atoms with Crippen LogP contribution in [0, 0.1) is 11.8 Å². The smallest absolute Gasteiger partial charge is 0.227 e. The zero-order chi connectivity index (χ0) is 16.8. The summed E-state index contributed by atoms with van der Waals surface area (Å²) in [7, 11) is 0. The summed E-state index contributed by atoms with van der Waals surface area (Å²) in [5.74, 6) is 0.981. The Balaban J connectivity index is 1.51. The van der Waals surface area contributed by atoms with Crippen LogP contribution < -0.4 is 10.6 Å². The molecule has 0 saturated heterocycles. The summed E-state index contributed by atoms with van der Waals surface area (Å²) < 4.78 is 0. The third kappa shape index (κ3) is 4.62. The summed E-state index contributed by atoms with van der Waals surface area (Å²) in [6, 6.07) is 8.03. The van der Waals surface area contributed by atoms with Gasteiger partial charge in [-0.3, -0.25) is 4.79 Å². The van der Waals surface area contributed by atoms with Crippen molar-refractivity contribution in [3.63, 3.8) is 0 Å². The van der Waals surface area contributed by atoms with Crippen LogP contribution in [0.2, 0.25) is 0 Å². The number of rotatable bonds is 5. The lowest BCUT2D eigenvalue weighted by Crippen LogP contribution is -2.24. The van der Waals surface area contributed by atoms with E-state index in [2.05, 4.69) is 17.2 Å². The average Bonchev–Trinajstić information content (AvgIpc) is 2.65. The molecule has 3 heteroatoms. The van der Waals surface area contributed by atoms with Gasteiger partial charge in [-0.05, 0) is 55.9 Å². The molecule has 0 spiro atoms. The standard InChI is InChI=1S/C21H30N2O/c1-16(17-8-4-2-5-9-17)22-19-12-14-20(15-13-19)23-21(24)18-10-6-3-7-11-18/h12-15,17-18,22H,1-11H2,(H,23,24). The molecule has 3 nitrogen and oxygen atoms in total. The normalized spacial score (nSPS) is 19.7. The molecular formula is C21H30N2O. The second-order valence-electron chi connectivity index (χ2n) is 7.39. The monoisotopic (exact) mass is 326 g/mol. The van der Waals surface area contributed by atoms with Gasteiger partial charge in [0.15, 0.2) is 0 Å². The van der Waals surface area contributed by atoms with Crippen molar-refractivity contribution in [2.75, 3.05) is 10.6 Å². The van der Waals surface area contributed by atoms with Crippen molar-refractivity contribution in [3.05, 3.63) is 36.5 Å². The number of anilines is 2. The predicted molar refractivity (Wildman–Crippen MR) is 101 cm³/mol. The lowest BCUT2D eigenvalue weighted by Gasteiger charge is -2.24. The third-order valence-corrected chi connectivity index (χ3v) is 5.53. The van der Waals surface area contributed by atoms with Crippen molar-refractivity contribution in [3.8, 4) is 0 Å². The van der Waals surface area contributed by atoms with Crippen molar-refractivity contribution >= 4 is 17.3 Å². The largest absolute Gasteiger partial charge is 0.359 e. The van der Waals surface area contributed by atoms with Crippen molar-refractivity contribution in [1.82, 2.24) is 0 Å². The SMILES string of the molecule is C=C(Nc1ccc(NC(=O)C2CCCCC2)cc1)C1CCCCC1. The van der Waals surface area contributed by atoms with Gasteiger partial charge in [0.05, 0.1) is 0 Å². The number of carbonyl (C=O) groups is 1. The summed E-state index contributed by atoms with van der Waals surface area (Å²) >= 11 is 0. The lowest BCUT2D eigenvalue weighted by molar-refractivity contribution is -0.120. The Morgan fingerprint density at radius 1 is 0.750 bits per heavy atom.